The molecule has 5 heteroatoms. The van der Waals surface area contributed by atoms with Crippen LogP contribution in [-0.4, -0.2) is 30.4 Å². The van der Waals surface area contributed by atoms with Crippen LogP contribution in [0.4, 0.5) is 0 Å². The lowest BCUT2D eigenvalue weighted by Gasteiger charge is -2.22. The van der Waals surface area contributed by atoms with Crippen LogP contribution in [0.3, 0.4) is 0 Å². The predicted molar refractivity (Wildman–Crippen MR) is 44.7 cm³/mol. The largest absolute Gasteiger partial charge is 0.344 e. The smallest absolute Gasteiger partial charge is 0.334 e. The molecule has 0 aliphatic carbocycles. The Morgan fingerprint density at radius 3 is 2.50 bits per heavy atom. The van der Waals surface area contributed by atoms with E-state index in [0.29, 0.717) is 6.61 Å². The SMILES string of the molecule is CCOC(O)(OC)SSC. The molecule has 0 amide bonds. The monoisotopic (exact) mass is 184 g/mol. The lowest BCUT2D eigenvalue weighted by molar-refractivity contribution is -0.278. The maximum absolute atomic E-state index is 9.32. The van der Waals surface area contributed by atoms with Gasteiger partial charge >= 0.3 is 5.31 Å². The minimum atomic E-state index is -1.48. The molecule has 1 N–H and O–H groups in total. The summed E-state index contributed by atoms with van der Waals surface area (Å²) >= 11 is 0. The molecule has 0 aromatic rings. The molecular weight excluding hydrogens is 172 g/mol. The van der Waals surface area contributed by atoms with Gasteiger partial charge in [0, 0.05) is 17.9 Å². The summed E-state index contributed by atoms with van der Waals surface area (Å²) in [6, 6.07) is 0. The second-order valence-corrected chi connectivity index (χ2v) is 3.93. The fourth-order valence-corrected chi connectivity index (χ4v) is 1.83. The lowest BCUT2D eigenvalue weighted by Crippen LogP contribution is -2.29. The highest BCUT2D eigenvalue weighted by Gasteiger charge is 2.27. The first-order valence-corrected chi connectivity index (χ1v) is 5.37. The summed E-state index contributed by atoms with van der Waals surface area (Å²) in [6.45, 7) is 2.22. The van der Waals surface area contributed by atoms with Gasteiger partial charge in [0.2, 0.25) is 0 Å². The van der Waals surface area contributed by atoms with Crippen molar-refractivity contribution in [3.8, 4) is 0 Å². The van der Waals surface area contributed by atoms with E-state index in [1.54, 1.807) is 6.92 Å². The molecule has 0 bridgehead atoms. The van der Waals surface area contributed by atoms with Gasteiger partial charge in [0.15, 0.2) is 0 Å². The summed E-state index contributed by atoms with van der Waals surface area (Å²) < 4.78 is 9.59. The number of aliphatic hydroxyl groups is 1. The Bertz CT molecular complexity index is 83.0. The highest BCUT2D eigenvalue weighted by molar-refractivity contribution is 8.76. The predicted octanol–water partition coefficient (Wildman–Crippen LogP) is 1.28. The van der Waals surface area contributed by atoms with Gasteiger partial charge < -0.3 is 14.6 Å². The molecule has 0 saturated carbocycles. The Labute approximate surface area is 68.9 Å². The van der Waals surface area contributed by atoms with Crippen molar-refractivity contribution in [1.82, 2.24) is 0 Å². The first-order valence-electron chi connectivity index (χ1n) is 2.81. The topological polar surface area (TPSA) is 38.7 Å². The summed E-state index contributed by atoms with van der Waals surface area (Å²) in [5.41, 5.74) is 0. The van der Waals surface area contributed by atoms with Crippen molar-refractivity contribution in [2.75, 3.05) is 20.0 Å². The molecule has 0 radical (unpaired) electrons. The summed E-state index contributed by atoms with van der Waals surface area (Å²) in [6.07, 6.45) is 1.84. The minimum absolute atomic E-state index is 0.428. The van der Waals surface area contributed by atoms with Gasteiger partial charge in [-0.2, -0.15) is 0 Å². The van der Waals surface area contributed by atoms with Crippen LogP contribution in [0.2, 0.25) is 0 Å². The first-order chi connectivity index (χ1) is 4.68. The van der Waals surface area contributed by atoms with E-state index in [1.807, 2.05) is 6.26 Å². The average Bonchev–Trinajstić information content (AvgIpc) is 1.89. The molecule has 1 atom stereocenters. The van der Waals surface area contributed by atoms with Crippen LogP contribution in [0, 0.1) is 0 Å². The van der Waals surface area contributed by atoms with Crippen LogP contribution in [-0.2, 0) is 9.47 Å². The van der Waals surface area contributed by atoms with E-state index in [2.05, 4.69) is 0 Å². The van der Waals surface area contributed by atoms with Crippen LogP contribution in [0.5, 0.6) is 0 Å². The van der Waals surface area contributed by atoms with Crippen LogP contribution in [0.25, 0.3) is 0 Å². The molecule has 0 saturated heterocycles. The van der Waals surface area contributed by atoms with Crippen molar-refractivity contribution >= 4 is 21.6 Å². The molecular formula is C5H12O3S2. The second-order valence-electron chi connectivity index (χ2n) is 1.41. The fourth-order valence-electron chi connectivity index (χ4n) is 0.405. The summed E-state index contributed by atoms with van der Waals surface area (Å²) in [4.78, 5) is 0. The molecule has 0 aliphatic rings. The molecule has 0 heterocycles. The molecule has 0 aliphatic heterocycles. The zero-order valence-electron chi connectivity index (χ0n) is 6.29. The molecule has 10 heavy (non-hydrogen) atoms. The van der Waals surface area contributed by atoms with Crippen molar-refractivity contribution < 1.29 is 14.6 Å². The van der Waals surface area contributed by atoms with Crippen molar-refractivity contribution in [2.45, 2.75) is 12.2 Å². The quantitative estimate of drug-likeness (QED) is 0.515. The maximum Gasteiger partial charge on any atom is 0.344 e. The van der Waals surface area contributed by atoms with Gasteiger partial charge in [-0.15, -0.1) is 0 Å². The molecule has 0 aromatic heterocycles. The number of rotatable bonds is 5. The van der Waals surface area contributed by atoms with Gasteiger partial charge in [0.25, 0.3) is 0 Å². The van der Waals surface area contributed by atoms with Crippen molar-refractivity contribution in [2.24, 2.45) is 0 Å². The van der Waals surface area contributed by atoms with Gasteiger partial charge in [-0.05, 0) is 13.2 Å². The first kappa shape index (κ1) is 10.6. The third-order valence-electron chi connectivity index (χ3n) is 0.773. The number of ether oxygens (including phenoxy) is 2. The van der Waals surface area contributed by atoms with E-state index in [0.717, 1.165) is 10.8 Å². The second kappa shape index (κ2) is 5.26. The highest BCUT2D eigenvalue weighted by Crippen LogP contribution is 2.33. The Balaban J connectivity index is 3.69. The van der Waals surface area contributed by atoms with E-state index in [9.17, 15) is 5.11 Å². The molecule has 62 valence electrons. The van der Waals surface area contributed by atoms with Gasteiger partial charge in [0.1, 0.15) is 0 Å². The number of methoxy groups -OCH3 is 1. The van der Waals surface area contributed by atoms with E-state index in [1.165, 1.54) is 17.9 Å². The summed E-state index contributed by atoms with van der Waals surface area (Å²) in [7, 11) is 3.92. The zero-order valence-corrected chi connectivity index (χ0v) is 7.92. The highest BCUT2D eigenvalue weighted by atomic mass is 33.1. The molecule has 3 nitrogen and oxygen atoms in total. The molecule has 0 aromatic carbocycles. The lowest BCUT2D eigenvalue weighted by atomic mass is 10.9. The molecule has 0 spiro atoms. The van der Waals surface area contributed by atoms with E-state index in [-0.39, 0.29) is 0 Å². The van der Waals surface area contributed by atoms with Crippen LogP contribution >= 0.6 is 21.6 Å². The van der Waals surface area contributed by atoms with Crippen molar-refractivity contribution in [1.29, 1.82) is 0 Å². The zero-order chi connectivity index (χ0) is 8.04. The molecule has 1 unspecified atom stereocenters. The maximum atomic E-state index is 9.32. The Kier molecular flexibility index (Phi) is 5.56. The summed E-state index contributed by atoms with van der Waals surface area (Å²) in [5.74, 6) is 0. The third-order valence-corrected chi connectivity index (χ3v) is 2.57. The van der Waals surface area contributed by atoms with Crippen LogP contribution in [0.15, 0.2) is 0 Å². The van der Waals surface area contributed by atoms with Crippen molar-refractivity contribution in [3.63, 3.8) is 0 Å². The van der Waals surface area contributed by atoms with Crippen LogP contribution < -0.4 is 0 Å². The van der Waals surface area contributed by atoms with Crippen molar-refractivity contribution in [3.05, 3.63) is 0 Å². The van der Waals surface area contributed by atoms with Gasteiger partial charge in [-0.25, -0.2) is 0 Å². The van der Waals surface area contributed by atoms with Gasteiger partial charge in [0.05, 0.1) is 6.61 Å². The summed E-state index contributed by atoms with van der Waals surface area (Å²) in [5, 5.41) is 7.84. The van der Waals surface area contributed by atoms with E-state index >= 15 is 0 Å². The molecule has 0 fully saturated rings. The average molecular weight is 184 g/mol. The van der Waals surface area contributed by atoms with Gasteiger partial charge in [-0.3, -0.25) is 0 Å². The number of hydrogen-bond acceptors (Lipinski definition) is 5. The normalized spacial score (nSPS) is 16.8. The minimum Gasteiger partial charge on any atom is -0.334 e. The Hall–Kier alpha value is 0.580. The Morgan fingerprint density at radius 2 is 2.20 bits per heavy atom. The fraction of sp³-hybridized carbons (Fsp3) is 1.00. The third kappa shape index (κ3) is 3.68. The molecule has 0 rings (SSSR count). The van der Waals surface area contributed by atoms with Crippen LogP contribution in [0.1, 0.15) is 6.92 Å². The van der Waals surface area contributed by atoms with E-state index < -0.39 is 5.31 Å². The Morgan fingerprint density at radius 1 is 1.60 bits per heavy atom. The number of hydrogen-bond donors (Lipinski definition) is 1. The standard InChI is InChI=1S/C5H12O3S2/c1-4-8-5(6,7-2)10-9-3/h6H,4H2,1-3H3. The van der Waals surface area contributed by atoms with Gasteiger partial charge in [-0.1, -0.05) is 10.8 Å². The van der Waals surface area contributed by atoms with E-state index in [4.69, 9.17) is 9.47 Å².